The first kappa shape index (κ1) is 19.6. The van der Waals surface area contributed by atoms with Crippen molar-refractivity contribution in [3.63, 3.8) is 0 Å². The number of hydrogen-bond donors (Lipinski definition) is 1. The molecule has 0 aliphatic carbocycles. The summed E-state index contributed by atoms with van der Waals surface area (Å²) in [6, 6.07) is 26.2. The van der Waals surface area contributed by atoms with Gasteiger partial charge < -0.3 is 10.1 Å². The van der Waals surface area contributed by atoms with Gasteiger partial charge in [-0.15, -0.1) is 0 Å². The molecule has 0 heterocycles. The van der Waals surface area contributed by atoms with Gasteiger partial charge in [-0.3, -0.25) is 0 Å². The Hall–Kier alpha value is -2.68. The summed E-state index contributed by atoms with van der Waals surface area (Å²) in [7, 11) is 0. The lowest BCUT2D eigenvalue weighted by Crippen LogP contribution is -2.05. The molecule has 0 saturated carbocycles. The minimum atomic E-state index is 0.519. The van der Waals surface area contributed by atoms with Crippen LogP contribution in [0.3, 0.4) is 0 Å². The molecule has 0 radical (unpaired) electrons. The summed E-state index contributed by atoms with van der Waals surface area (Å²) in [6.45, 7) is 3.18. The zero-order valence-electron chi connectivity index (χ0n) is 16.1. The normalized spacial score (nSPS) is 10.9. The van der Waals surface area contributed by atoms with Crippen LogP contribution in [0, 0.1) is 6.92 Å². The van der Waals surface area contributed by atoms with Gasteiger partial charge in [0.25, 0.3) is 0 Å². The number of benzene rings is 4. The van der Waals surface area contributed by atoms with Crippen molar-refractivity contribution in [1.82, 2.24) is 0 Å². The van der Waals surface area contributed by atoms with E-state index in [1.807, 2.05) is 24.3 Å². The Morgan fingerprint density at radius 3 is 2.59 bits per heavy atom. The standard InChI is InChI=1S/C25H21Cl2NO/c1-17-5-4-6-18(13-17)16-29-25-12-9-19-7-2-3-8-21(19)22(25)15-28-24-14-20(26)10-11-23(24)27/h2-14,28H,15-16H2,1H3. The Labute approximate surface area is 181 Å². The van der Waals surface area contributed by atoms with Gasteiger partial charge in [-0.1, -0.05) is 83.4 Å². The predicted octanol–water partition coefficient (Wildman–Crippen LogP) is 7.65. The molecular formula is C25H21Cl2NO. The van der Waals surface area contributed by atoms with Crippen LogP contribution in [0.5, 0.6) is 5.75 Å². The lowest BCUT2D eigenvalue weighted by Gasteiger charge is -2.16. The minimum Gasteiger partial charge on any atom is -0.489 e. The third-order valence-electron chi connectivity index (χ3n) is 4.86. The number of rotatable bonds is 6. The van der Waals surface area contributed by atoms with E-state index in [2.05, 4.69) is 54.7 Å². The first-order valence-corrected chi connectivity index (χ1v) is 10.2. The maximum Gasteiger partial charge on any atom is 0.125 e. The van der Waals surface area contributed by atoms with Crippen LogP contribution in [0.25, 0.3) is 10.8 Å². The summed E-state index contributed by atoms with van der Waals surface area (Å²) in [5.74, 6) is 0.857. The predicted molar refractivity (Wildman–Crippen MR) is 123 cm³/mol. The Kier molecular flexibility index (Phi) is 5.94. The number of ether oxygens (including phenoxy) is 1. The van der Waals surface area contributed by atoms with E-state index in [4.69, 9.17) is 27.9 Å². The molecule has 0 spiro atoms. The van der Waals surface area contributed by atoms with E-state index >= 15 is 0 Å². The van der Waals surface area contributed by atoms with E-state index in [9.17, 15) is 0 Å². The second-order valence-corrected chi connectivity index (χ2v) is 7.86. The molecule has 4 rings (SSSR count). The van der Waals surface area contributed by atoms with Gasteiger partial charge >= 0.3 is 0 Å². The van der Waals surface area contributed by atoms with E-state index in [1.165, 1.54) is 10.9 Å². The topological polar surface area (TPSA) is 21.3 Å². The van der Waals surface area contributed by atoms with Gasteiger partial charge in [0.15, 0.2) is 0 Å². The third-order valence-corrected chi connectivity index (χ3v) is 5.42. The van der Waals surface area contributed by atoms with Crippen molar-refractivity contribution < 1.29 is 4.74 Å². The van der Waals surface area contributed by atoms with Crippen LogP contribution >= 0.6 is 23.2 Å². The van der Waals surface area contributed by atoms with Crippen molar-refractivity contribution >= 4 is 39.7 Å². The van der Waals surface area contributed by atoms with Crippen LogP contribution < -0.4 is 10.1 Å². The molecule has 0 aliphatic heterocycles. The van der Waals surface area contributed by atoms with Crippen molar-refractivity contribution in [3.05, 3.63) is 106 Å². The number of fused-ring (bicyclic) bond motifs is 1. The molecule has 2 nitrogen and oxygen atoms in total. The van der Waals surface area contributed by atoms with Gasteiger partial charge in [0.2, 0.25) is 0 Å². The maximum absolute atomic E-state index is 6.32. The first-order valence-electron chi connectivity index (χ1n) is 9.48. The van der Waals surface area contributed by atoms with E-state index in [-0.39, 0.29) is 0 Å². The highest BCUT2D eigenvalue weighted by Crippen LogP contribution is 2.31. The van der Waals surface area contributed by atoms with E-state index < -0.39 is 0 Å². The van der Waals surface area contributed by atoms with Crippen LogP contribution in [0.2, 0.25) is 10.0 Å². The zero-order chi connectivity index (χ0) is 20.2. The fourth-order valence-corrected chi connectivity index (χ4v) is 3.77. The Morgan fingerprint density at radius 1 is 0.862 bits per heavy atom. The van der Waals surface area contributed by atoms with E-state index in [0.29, 0.717) is 23.2 Å². The second kappa shape index (κ2) is 8.77. The molecule has 0 unspecified atom stereocenters. The maximum atomic E-state index is 6.32. The zero-order valence-corrected chi connectivity index (χ0v) is 17.6. The molecular weight excluding hydrogens is 401 g/mol. The molecule has 0 saturated heterocycles. The molecule has 0 amide bonds. The molecule has 4 aromatic rings. The molecule has 0 fully saturated rings. The first-order chi connectivity index (χ1) is 14.1. The van der Waals surface area contributed by atoms with Gasteiger partial charge in [0.05, 0.1) is 10.7 Å². The average Bonchev–Trinajstić information content (AvgIpc) is 2.73. The fraction of sp³-hybridized carbons (Fsp3) is 0.120. The van der Waals surface area contributed by atoms with E-state index in [1.54, 1.807) is 12.1 Å². The van der Waals surface area contributed by atoms with Crippen molar-refractivity contribution in [2.45, 2.75) is 20.1 Å². The lowest BCUT2D eigenvalue weighted by molar-refractivity contribution is 0.304. The van der Waals surface area contributed by atoms with Gasteiger partial charge in [-0.05, 0) is 47.5 Å². The van der Waals surface area contributed by atoms with Gasteiger partial charge in [-0.25, -0.2) is 0 Å². The highest BCUT2D eigenvalue weighted by molar-refractivity contribution is 6.35. The number of nitrogens with one attached hydrogen (secondary N) is 1. The molecule has 29 heavy (non-hydrogen) atoms. The molecule has 1 N–H and O–H groups in total. The lowest BCUT2D eigenvalue weighted by atomic mass is 10.0. The Balaban J connectivity index is 1.64. The number of anilines is 1. The van der Waals surface area contributed by atoms with Gasteiger partial charge in [0.1, 0.15) is 12.4 Å². The Bertz CT molecular complexity index is 1160. The van der Waals surface area contributed by atoms with E-state index in [0.717, 1.165) is 28.0 Å². The molecule has 0 atom stereocenters. The van der Waals surface area contributed by atoms with Gasteiger partial charge in [-0.2, -0.15) is 0 Å². The quantitative estimate of drug-likeness (QED) is 0.345. The monoisotopic (exact) mass is 421 g/mol. The molecule has 4 aromatic carbocycles. The summed E-state index contributed by atoms with van der Waals surface area (Å²) in [5, 5.41) is 7.02. The molecule has 4 heteroatoms. The van der Waals surface area contributed by atoms with Crippen LogP contribution in [-0.4, -0.2) is 0 Å². The van der Waals surface area contributed by atoms with Crippen LogP contribution in [-0.2, 0) is 13.2 Å². The summed E-state index contributed by atoms with van der Waals surface area (Å²) in [5.41, 5.74) is 4.26. The smallest absolute Gasteiger partial charge is 0.125 e. The Morgan fingerprint density at radius 2 is 1.72 bits per heavy atom. The van der Waals surface area contributed by atoms with Crippen LogP contribution in [0.1, 0.15) is 16.7 Å². The van der Waals surface area contributed by atoms with Crippen molar-refractivity contribution in [3.8, 4) is 5.75 Å². The molecule has 0 bridgehead atoms. The SMILES string of the molecule is Cc1cccc(COc2ccc3ccccc3c2CNc2cc(Cl)ccc2Cl)c1. The number of hydrogen-bond acceptors (Lipinski definition) is 2. The molecule has 0 aromatic heterocycles. The number of aryl methyl sites for hydroxylation is 1. The van der Waals surface area contributed by atoms with Gasteiger partial charge in [0, 0.05) is 17.1 Å². The molecule has 0 aliphatic rings. The highest BCUT2D eigenvalue weighted by atomic mass is 35.5. The summed E-state index contributed by atoms with van der Waals surface area (Å²) in [6.07, 6.45) is 0. The van der Waals surface area contributed by atoms with Crippen molar-refractivity contribution in [2.75, 3.05) is 5.32 Å². The van der Waals surface area contributed by atoms with Crippen LogP contribution in [0.4, 0.5) is 5.69 Å². The van der Waals surface area contributed by atoms with Crippen LogP contribution in [0.15, 0.2) is 78.9 Å². The largest absolute Gasteiger partial charge is 0.489 e. The minimum absolute atomic E-state index is 0.519. The summed E-state index contributed by atoms with van der Waals surface area (Å²) >= 11 is 12.5. The third kappa shape index (κ3) is 4.67. The highest BCUT2D eigenvalue weighted by Gasteiger charge is 2.11. The summed E-state index contributed by atoms with van der Waals surface area (Å²) < 4.78 is 6.23. The summed E-state index contributed by atoms with van der Waals surface area (Å²) in [4.78, 5) is 0. The second-order valence-electron chi connectivity index (χ2n) is 7.02. The number of halogens is 2. The van der Waals surface area contributed by atoms with Crippen molar-refractivity contribution in [2.24, 2.45) is 0 Å². The average molecular weight is 422 g/mol. The molecule has 146 valence electrons. The van der Waals surface area contributed by atoms with Crippen molar-refractivity contribution in [1.29, 1.82) is 0 Å². The fourth-order valence-electron chi connectivity index (χ4n) is 3.41.